The summed E-state index contributed by atoms with van der Waals surface area (Å²) in [5.74, 6) is -0.414. The third kappa shape index (κ3) is 3.98. The van der Waals surface area contributed by atoms with Gasteiger partial charge in [-0.25, -0.2) is 8.42 Å². The van der Waals surface area contributed by atoms with E-state index in [1.807, 2.05) is 29.8 Å². The number of amides is 1. The van der Waals surface area contributed by atoms with Gasteiger partial charge in [-0.3, -0.25) is 4.79 Å². The van der Waals surface area contributed by atoms with Crippen molar-refractivity contribution < 1.29 is 13.2 Å². The van der Waals surface area contributed by atoms with Crippen molar-refractivity contribution >= 4 is 53.4 Å². The Labute approximate surface area is 176 Å². The van der Waals surface area contributed by atoms with Gasteiger partial charge >= 0.3 is 0 Å². The molecule has 0 spiro atoms. The number of hydrogen-bond acceptors (Lipinski definition) is 4. The molecule has 0 aliphatic carbocycles. The van der Waals surface area contributed by atoms with Crippen molar-refractivity contribution in [2.45, 2.75) is 24.8 Å². The van der Waals surface area contributed by atoms with E-state index in [-0.39, 0.29) is 10.9 Å². The minimum Gasteiger partial charge on any atom is -0.319 e. The summed E-state index contributed by atoms with van der Waals surface area (Å²) in [4.78, 5) is 17.5. The van der Waals surface area contributed by atoms with Gasteiger partial charge in [0.25, 0.3) is 5.91 Å². The summed E-state index contributed by atoms with van der Waals surface area (Å²) in [5, 5.41) is 0. The first-order valence-electron chi connectivity index (χ1n) is 8.53. The summed E-state index contributed by atoms with van der Waals surface area (Å²) in [6, 6.07) is 11.6. The topological polar surface area (TPSA) is 71.7 Å². The lowest BCUT2D eigenvalue weighted by Crippen LogP contribution is -2.33. The van der Waals surface area contributed by atoms with Crippen LogP contribution in [-0.2, 0) is 17.1 Å². The fourth-order valence-corrected chi connectivity index (χ4v) is 5.52. The monoisotopic (exact) mass is 481 g/mol. The molecule has 3 aromatic rings. The largest absolute Gasteiger partial charge is 0.319 e. The van der Waals surface area contributed by atoms with Gasteiger partial charge in [0.2, 0.25) is 10.0 Å². The van der Waals surface area contributed by atoms with Gasteiger partial charge in [0, 0.05) is 30.2 Å². The number of fused-ring (bicyclic) bond motifs is 1. The number of sulfonamides is 1. The Hall–Kier alpha value is -1.81. The van der Waals surface area contributed by atoms with Crippen molar-refractivity contribution in [3.63, 3.8) is 0 Å². The molecule has 28 heavy (non-hydrogen) atoms. The first kappa shape index (κ1) is 20.9. The minimum atomic E-state index is -3.58. The molecule has 0 saturated carbocycles. The molecule has 6 nitrogen and oxygen atoms in total. The van der Waals surface area contributed by atoms with Gasteiger partial charge in [-0.15, -0.1) is 0 Å². The second kappa shape index (κ2) is 7.90. The van der Waals surface area contributed by atoms with Crippen LogP contribution >= 0.6 is 27.3 Å². The molecule has 0 bridgehead atoms. The van der Waals surface area contributed by atoms with Crippen LogP contribution in [0.25, 0.3) is 10.2 Å². The molecule has 0 fully saturated rings. The van der Waals surface area contributed by atoms with E-state index < -0.39 is 15.9 Å². The number of halogens is 1. The molecule has 0 unspecified atom stereocenters. The van der Waals surface area contributed by atoms with Crippen LogP contribution in [0.5, 0.6) is 0 Å². The molecule has 0 radical (unpaired) electrons. The fraction of sp³-hybridized carbons (Fsp3) is 0.263. The zero-order valence-electron chi connectivity index (χ0n) is 15.9. The van der Waals surface area contributed by atoms with E-state index in [1.165, 1.54) is 47.0 Å². The van der Waals surface area contributed by atoms with Gasteiger partial charge in [0.15, 0.2) is 4.80 Å². The van der Waals surface area contributed by atoms with Crippen molar-refractivity contribution in [3.05, 3.63) is 57.3 Å². The molecule has 0 N–H and O–H groups in total. The van der Waals surface area contributed by atoms with E-state index in [0.29, 0.717) is 10.4 Å². The summed E-state index contributed by atoms with van der Waals surface area (Å²) in [6.45, 7) is 3.61. The summed E-state index contributed by atoms with van der Waals surface area (Å²) in [7, 11) is -0.189. The summed E-state index contributed by atoms with van der Waals surface area (Å²) in [5.41, 5.74) is 1.32. The van der Waals surface area contributed by atoms with Crippen LogP contribution in [0.2, 0.25) is 0 Å². The number of thiazole rings is 1. The average molecular weight is 482 g/mol. The Morgan fingerprint density at radius 2 is 1.82 bits per heavy atom. The summed E-state index contributed by atoms with van der Waals surface area (Å²) < 4.78 is 30.2. The van der Waals surface area contributed by atoms with Gasteiger partial charge in [-0.05, 0) is 56.3 Å². The van der Waals surface area contributed by atoms with Crippen molar-refractivity contribution in [1.29, 1.82) is 0 Å². The third-order valence-corrected chi connectivity index (χ3v) is 8.11. The normalized spacial score (nSPS) is 13.0. The Morgan fingerprint density at radius 1 is 1.18 bits per heavy atom. The Kier molecular flexibility index (Phi) is 5.90. The van der Waals surface area contributed by atoms with Crippen molar-refractivity contribution in [2.24, 2.45) is 12.0 Å². The van der Waals surface area contributed by atoms with Crippen LogP contribution < -0.4 is 4.80 Å². The Balaban J connectivity index is 1.94. The van der Waals surface area contributed by atoms with Crippen LogP contribution in [0.3, 0.4) is 0 Å². The molecule has 9 heteroatoms. The number of nitrogens with zero attached hydrogens (tertiary/aromatic N) is 3. The number of hydrogen-bond donors (Lipinski definition) is 0. The first-order chi connectivity index (χ1) is 13.1. The van der Waals surface area contributed by atoms with Gasteiger partial charge in [-0.2, -0.15) is 9.30 Å². The van der Waals surface area contributed by atoms with E-state index in [4.69, 9.17) is 0 Å². The molecule has 0 saturated heterocycles. The van der Waals surface area contributed by atoms with Crippen molar-refractivity contribution in [3.8, 4) is 0 Å². The standard InChI is InChI=1S/C19H20BrN3O3S2/c1-12(2)23(4)28(25,26)15-8-5-13(6-9-15)18(24)21-19-22(3)16-10-7-14(20)11-17(16)27-19/h5-12H,1-4H3. The van der Waals surface area contributed by atoms with E-state index in [1.54, 1.807) is 13.8 Å². The molecular formula is C19H20BrN3O3S2. The first-order valence-corrected chi connectivity index (χ1v) is 11.6. The maximum absolute atomic E-state index is 12.6. The highest BCUT2D eigenvalue weighted by molar-refractivity contribution is 9.10. The number of benzene rings is 2. The molecule has 0 aliphatic rings. The summed E-state index contributed by atoms with van der Waals surface area (Å²) in [6.07, 6.45) is 0. The quantitative estimate of drug-likeness (QED) is 0.569. The van der Waals surface area contributed by atoms with Crippen molar-refractivity contribution in [1.82, 2.24) is 8.87 Å². The SMILES string of the molecule is CC(C)N(C)S(=O)(=O)c1ccc(C(=O)N=c2sc3cc(Br)ccc3n2C)cc1. The number of rotatable bonds is 4. The van der Waals surface area contributed by atoms with Crippen LogP contribution in [0.1, 0.15) is 24.2 Å². The van der Waals surface area contributed by atoms with Gasteiger partial charge in [-0.1, -0.05) is 27.3 Å². The molecule has 148 valence electrons. The molecule has 1 amide bonds. The number of carbonyl (C=O) groups excluding carboxylic acids is 1. The molecule has 2 aromatic carbocycles. The van der Waals surface area contributed by atoms with Gasteiger partial charge < -0.3 is 4.57 Å². The predicted molar refractivity (Wildman–Crippen MR) is 115 cm³/mol. The van der Waals surface area contributed by atoms with Crippen LogP contribution in [0.15, 0.2) is 56.8 Å². The second-order valence-corrected chi connectivity index (χ2v) is 10.5. The smallest absolute Gasteiger partial charge is 0.279 e. The predicted octanol–water partition coefficient (Wildman–Crippen LogP) is 3.77. The minimum absolute atomic E-state index is 0.150. The highest BCUT2D eigenvalue weighted by Gasteiger charge is 2.23. The van der Waals surface area contributed by atoms with Crippen molar-refractivity contribution in [2.75, 3.05) is 7.05 Å². The zero-order chi connectivity index (χ0) is 20.6. The average Bonchev–Trinajstić information content (AvgIpc) is 2.95. The third-order valence-electron chi connectivity index (χ3n) is 4.47. The van der Waals surface area contributed by atoms with Crippen LogP contribution in [0.4, 0.5) is 0 Å². The highest BCUT2D eigenvalue weighted by atomic mass is 79.9. The molecule has 0 aliphatic heterocycles. The van der Waals surface area contributed by atoms with E-state index in [0.717, 1.165) is 14.7 Å². The van der Waals surface area contributed by atoms with E-state index >= 15 is 0 Å². The molecule has 1 heterocycles. The molecule has 1 aromatic heterocycles. The lowest BCUT2D eigenvalue weighted by Gasteiger charge is -2.20. The zero-order valence-corrected chi connectivity index (χ0v) is 19.1. The Bertz CT molecular complexity index is 1210. The Morgan fingerprint density at radius 3 is 2.43 bits per heavy atom. The number of carbonyl (C=O) groups is 1. The highest BCUT2D eigenvalue weighted by Crippen LogP contribution is 2.22. The van der Waals surface area contributed by atoms with Crippen LogP contribution in [-0.4, -0.2) is 36.3 Å². The van der Waals surface area contributed by atoms with Gasteiger partial charge in [0.1, 0.15) is 0 Å². The molecule has 0 atom stereocenters. The molecular weight excluding hydrogens is 462 g/mol. The maximum Gasteiger partial charge on any atom is 0.279 e. The fourth-order valence-electron chi connectivity index (χ4n) is 2.58. The number of aryl methyl sites for hydroxylation is 1. The van der Waals surface area contributed by atoms with Crippen LogP contribution in [0, 0.1) is 0 Å². The lowest BCUT2D eigenvalue weighted by atomic mass is 10.2. The number of aromatic nitrogens is 1. The van der Waals surface area contributed by atoms with Gasteiger partial charge in [0.05, 0.1) is 15.1 Å². The molecule has 3 rings (SSSR count). The van der Waals surface area contributed by atoms with E-state index in [9.17, 15) is 13.2 Å². The second-order valence-electron chi connectivity index (χ2n) is 6.61. The summed E-state index contributed by atoms with van der Waals surface area (Å²) >= 11 is 4.86. The van der Waals surface area contributed by atoms with E-state index in [2.05, 4.69) is 20.9 Å². The lowest BCUT2D eigenvalue weighted by molar-refractivity contribution is 0.0998. The maximum atomic E-state index is 12.6.